The third kappa shape index (κ3) is 4.14. The standard InChI is InChI=1S/C20H33N3O2/c1-5-6-16-13-21-15(4)22-19(16)23-9-7-20(8-10-23)12-17(24)11-18(25-20)14(2)3/h13-14,17-18,24H,5-12H2,1-4H3/t17-,18-/m1/s1. The average Bonchev–Trinajstić information content (AvgIpc) is 2.57. The molecule has 0 radical (unpaired) electrons. The zero-order chi connectivity index (χ0) is 18.0. The van der Waals surface area contributed by atoms with Crippen LogP contribution in [0.4, 0.5) is 5.82 Å². The summed E-state index contributed by atoms with van der Waals surface area (Å²) >= 11 is 0. The second kappa shape index (κ2) is 7.58. The molecule has 5 nitrogen and oxygen atoms in total. The average molecular weight is 348 g/mol. The van der Waals surface area contributed by atoms with Crippen molar-refractivity contribution in [2.75, 3.05) is 18.0 Å². The highest BCUT2D eigenvalue weighted by Gasteiger charge is 2.44. The van der Waals surface area contributed by atoms with Crippen LogP contribution in [0.25, 0.3) is 0 Å². The van der Waals surface area contributed by atoms with E-state index in [4.69, 9.17) is 9.72 Å². The maximum absolute atomic E-state index is 10.4. The Labute approximate surface area is 151 Å². The number of aliphatic hydroxyl groups is 1. The van der Waals surface area contributed by atoms with Gasteiger partial charge in [-0.2, -0.15) is 0 Å². The van der Waals surface area contributed by atoms with Gasteiger partial charge in [-0.05, 0) is 38.5 Å². The molecule has 3 rings (SSSR count). The molecule has 2 aliphatic rings. The second-order valence-electron chi connectivity index (χ2n) is 8.18. The fourth-order valence-electron chi connectivity index (χ4n) is 4.26. The van der Waals surface area contributed by atoms with Crippen LogP contribution in [0.15, 0.2) is 6.20 Å². The minimum Gasteiger partial charge on any atom is -0.393 e. The molecule has 0 aliphatic carbocycles. The monoisotopic (exact) mass is 347 g/mol. The van der Waals surface area contributed by atoms with Crippen molar-refractivity contribution < 1.29 is 9.84 Å². The lowest BCUT2D eigenvalue weighted by Gasteiger charge is -2.49. The van der Waals surface area contributed by atoms with Crippen LogP contribution in [0.2, 0.25) is 0 Å². The van der Waals surface area contributed by atoms with Crippen molar-refractivity contribution in [3.8, 4) is 0 Å². The zero-order valence-electron chi connectivity index (χ0n) is 16.2. The van der Waals surface area contributed by atoms with E-state index in [1.807, 2.05) is 13.1 Å². The van der Waals surface area contributed by atoms with Crippen LogP contribution < -0.4 is 4.90 Å². The summed E-state index contributed by atoms with van der Waals surface area (Å²) in [6.07, 6.45) is 7.51. The summed E-state index contributed by atoms with van der Waals surface area (Å²) < 4.78 is 6.51. The van der Waals surface area contributed by atoms with Gasteiger partial charge in [0.25, 0.3) is 0 Å². The molecule has 2 aliphatic heterocycles. The highest BCUT2D eigenvalue weighted by molar-refractivity contribution is 5.47. The van der Waals surface area contributed by atoms with E-state index in [-0.39, 0.29) is 17.8 Å². The molecule has 0 saturated carbocycles. The van der Waals surface area contributed by atoms with Gasteiger partial charge in [0, 0.05) is 31.3 Å². The smallest absolute Gasteiger partial charge is 0.135 e. The van der Waals surface area contributed by atoms with Crippen molar-refractivity contribution in [2.45, 2.75) is 84.0 Å². The molecule has 2 fully saturated rings. The fourth-order valence-corrected chi connectivity index (χ4v) is 4.26. The maximum Gasteiger partial charge on any atom is 0.135 e. The normalized spacial score (nSPS) is 26.4. The Morgan fingerprint density at radius 3 is 2.72 bits per heavy atom. The van der Waals surface area contributed by atoms with E-state index in [1.165, 1.54) is 5.56 Å². The van der Waals surface area contributed by atoms with Crippen LogP contribution in [-0.2, 0) is 11.2 Å². The molecule has 0 unspecified atom stereocenters. The fraction of sp³-hybridized carbons (Fsp3) is 0.800. The summed E-state index contributed by atoms with van der Waals surface area (Å²) in [5.41, 5.74) is 1.09. The Bertz CT molecular complexity index is 582. The number of aryl methyl sites for hydroxylation is 2. The van der Waals surface area contributed by atoms with E-state index >= 15 is 0 Å². The molecule has 1 spiro atoms. The molecule has 1 N–H and O–H groups in total. The quantitative estimate of drug-likeness (QED) is 0.906. The van der Waals surface area contributed by atoms with E-state index in [0.717, 1.165) is 63.3 Å². The second-order valence-corrected chi connectivity index (χ2v) is 8.18. The van der Waals surface area contributed by atoms with Gasteiger partial charge in [-0.25, -0.2) is 9.97 Å². The van der Waals surface area contributed by atoms with Crippen LogP contribution >= 0.6 is 0 Å². The van der Waals surface area contributed by atoms with Gasteiger partial charge >= 0.3 is 0 Å². The predicted octanol–water partition coefficient (Wildman–Crippen LogP) is 3.27. The molecule has 0 amide bonds. The molecule has 1 aromatic rings. The lowest BCUT2D eigenvalue weighted by Crippen LogP contribution is -2.54. The van der Waals surface area contributed by atoms with Gasteiger partial charge in [0.15, 0.2) is 0 Å². The van der Waals surface area contributed by atoms with Crippen LogP contribution in [-0.4, -0.2) is 46.0 Å². The summed E-state index contributed by atoms with van der Waals surface area (Å²) in [7, 11) is 0. The summed E-state index contributed by atoms with van der Waals surface area (Å²) in [6.45, 7) is 10.4. The molecular formula is C20H33N3O2. The third-order valence-electron chi connectivity index (χ3n) is 5.71. The molecule has 1 aromatic heterocycles. The van der Waals surface area contributed by atoms with E-state index in [0.29, 0.717) is 5.92 Å². The molecule has 5 heteroatoms. The summed E-state index contributed by atoms with van der Waals surface area (Å²) in [6, 6.07) is 0. The predicted molar refractivity (Wildman–Crippen MR) is 99.9 cm³/mol. The number of hydrogen-bond donors (Lipinski definition) is 1. The molecule has 3 heterocycles. The van der Waals surface area contributed by atoms with Crippen LogP contribution in [0.5, 0.6) is 0 Å². The Balaban J connectivity index is 1.72. The first-order valence-electron chi connectivity index (χ1n) is 9.86. The Kier molecular flexibility index (Phi) is 5.64. The van der Waals surface area contributed by atoms with E-state index in [9.17, 15) is 5.11 Å². The number of rotatable bonds is 4. The van der Waals surface area contributed by atoms with Gasteiger partial charge in [0.2, 0.25) is 0 Å². The molecule has 0 bridgehead atoms. The van der Waals surface area contributed by atoms with Gasteiger partial charge in [-0.15, -0.1) is 0 Å². The van der Waals surface area contributed by atoms with Gasteiger partial charge < -0.3 is 14.7 Å². The SMILES string of the molecule is CCCc1cnc(C)nc1N1CCC2(CC1)C[C@H](O)C[C@H](C(C)C)O2. The molecule has 2 atom stereocenters. The highest BCUT2D eigenvalue weighted by Crippen LogP contribution is 2.40. The van der Waals surface area contributed by atoms with Crippen molar-refractivity contribution in [3.05, 3.63) is 17.6 Å². The molecule has 2 saturated heterocycles. The minimum atomic E-state index is -0.232. The summed E-state index contributed by atoms with van der Waals surface area (Å²) in [5.74, 6) is 2.38. The van der Waals surface area contributed by atoms with Crippen molar-refractivity contribution in [1.82, 2.24) is 9.97 Å². The van der Waals surface area contributed by atoms with Gasteiger partial charge in [0.1, 0.15) is 11.6 Å². The van der Waals surface area contributed by atoms with Crippen molar-refractivity contribution >= 4 is 5.82 Å². The molecule has 140 valence electrons. The lowest BCUT2D eigenvalue weighted by atomic mass is 9.80. The largest absolute Gasteiger partial charge is 0.393 e. The molecular weight excluding hydrogens is 314 g/mol. The number of aliphatic hydroxyl groups excluding tert-OH is 1. The topological polar surface area (TPSA) is 58.5 Å². The number of ether oxygens (including phenoxy) is 1. The first-order valence-corrected chi connectivity index (χ1v) is 9.86. The number of anilines is 1. The molecule has 0 aromatic carbocycles. The summed E-state index contributed by atoms with van der Waals surface area (Å²) in [5, 5.41) is 10.4. The van der Waals surface area contributed by atoms with Crippen LogP contribution in [0.3, 0.4) is 0 Å². The number of nitrogens with zero attached hydrogens (tertiary/aromatic N) is 3. The lowest BCUT2D eigenvalue weighted by molar-refractivity contribution is -0.183. The van der Waals surface area contributed by atoms with Crippen molar-refractivity contribution in [1.29, 1.82) is 0 Å². The summed E-state index contributed by atoms with van der Waals surface area (Å²) in [4.78, 5) is 11.5. The zero-order valence-corrected chi connectivity index (χ0v) is 16.2. The first-order chi connectivity index (χ1) is 11.9. The first kappa shape index (κ1) is 18.6. The number of piperidine rings is 1. The van der Waals surface area contributed by atoms with Crippen LogP contribution in [0, 0.1) is 12.8 Å². The van der Waals surface area contributed by atoms with Crippen molar-refractivity contribution in [2.24, 2.45) is 5.92 Å². The van der Waals surface area contributed by atoms with E-state index < -0.39 is 0 Å². The Hall–Kier alpha value is -1.20. The van der Waals surface area contributed by atoms with Gasteiger partial charge in [-0.3, -0.25) is 0 Å². The van der Waals surface area contributed by atoms with E-state index in [2.05, 4.69) is 30.7 Å². The highest BCUT2D eigenvalue weighted by atomic mass is 16.5. The number of hydrogen-bond acceptors (Lipinski definition) is 5. The molecule has 25 heavy (non-hydrogen) atoms. The Morgan fingerprint density at radius 2 is 2.08 bits per heavy atom. The number of aromatic nitrogens is 2. The van der Waals surface area contributed by atoms with Crippen LogP contribution in [0.1, 0.15) is 64.3 Å². The van der Waals surface area contributed by atoms with Gasteiger partial charge in [-0.1, -0.05) is 27.2 Å². The van der Waals surface area contributed by atoms with Gasteiger partial charge in [0.05, 0.1) is 17.8 Å². The third-order valence-corrected chi connectivity index (χ3v) is 5.71. The Morgan fingerprint density at radius 1 is 1.36 bits per heavy atom. The maximum atomic E-state index is 10.4. The minimum absolute atomic E-state index is 0.157. The van der Waals surface area contributed by atoms with Crippen molar-refractivity contribution in [3.63, 3.8) is 0 Å². The van der Waals surface area contributed by atoms with E-state index in [1.54, 1.807) is 0 Å².